The van der Waals surface area contributed by atoms with Crippen molar-refractivity contribution in [2.45, 2.75) is 0 Å². The lowest BCUT2D eigenvalue weighted by Gasteiger charge is -2.12. The van der Waals surface area contributed by atoms with Gasteiger partial charge in [0.25, 0.3) is 0 Å². The van der Waals surface area contributed by atoms with Gasteiger partial charge in [0, 0.05) is 103 Å². The summed E-state index contributed by atoms with van der Waals surface area (Å²) in [5, 5.41) is 23.2. The molecule has 4 N–H and O–H groups in total. The number of nitrogens with one attached hydrogen (secondary N) is 4. The SMILES string of the molecule is c1ccc(-c2cnc3cc(Nc4ccc5ccccc5c4)ccc3c2)cc1.c1ccc(Nc2cc3ccccc3c3ncccc23)cc1.c1ccc(Nc2ccc(-c3cccc4ncccc34)cc2)cc1.c1ccc(Nc2ccc3ncccc3c2)cc1. The second kappa shape index (κ2) is 26.7. The molecule has 0 bridgehead atoms. The van der Waals surface area contributed by atoms with E-state index in [4.69, 9.17) is 0 Å². The van der Waals surface area contributed by atoms with Crippen LogP contribution >= 0.6 is 0 Å². The van der Waals surface area contributed by atoms with Crippen molar-refractivity contribution in [3.63, 3.8) is 0 Å². The Balaban J connectivity index is 0.000000110. The molecule has 4 aromatic heterocycles. The fraction of sp³-hybridized carbons (Fsp3) is 0. The van der Waals surface area contributed by atoms with Gasteiger partial charge in [-0.05, 0) is 166 Å². The summed E-state index contributed by atoms with van der Waals surface area (Å²) in [6.45, 7) is 0. The van der Waals surface area contributed by atoms with Crippen LogP contribution in [0.5, 0.6) is 0 Å². The number of nitrogens with zero attached hydrogens (tertiary/aromatic N) is 4. The number of pyridine rings is 4. The molecule has 8 heteroatoms. The van der Waals surface area contributed by atoms with Crippen molar-refractivity contribution in [3.05, 3.63) is 340 Å². The van der Waals surface area contributed by atoms with E-state index in [1.165, 1.54) is 43.6 Å². The molecule has 16 rings (SSSR count). The van der Waals surface area contributed by atoms with Crippen LogP contribution in [-0.2, 0) is 0 Å². The summed E-state index contributed by atoms with van der Waals surface area (Å²) < 4.78 is 0. The molecule has 0 saturated heterocycles. The lowest BCUT2D eigenvalue weighted by atomic mass is 10.0. The van der Waals surface area contributed by atoms with Gasteiger partial charge >= 0.3 is 0 Å². The number of fused-ring (bicyclic) bond motifs is 7. The van der Waals surface area contributed by atoms with Crippen molar-refractivity contribution in [1.82, 2.24) is 19.9 Å². The van der Waals surface area contributed by atoms with E-state index in [0.717, 1.165) is 89.3 Å². The van der Waals surface area contributed by atoms with E-state index in [-0.39, 0.29) is 0 Å². The summed E-state index contributed by atoms with van der Waals surface area (Å²) in [4.78, 5) is 18.0. The van der Waals surface area contributed by atoms with E-state index < -0.39 is 0 Å². The molecule has 0 aliphatic heterocycles. The van der Waals surface area contributed by atoms with Crippen molar-refractivity contribution in [3.8, 4) is 22.3 Å². The molecule has 0 radical (unpaired) electrons. The fourth-order valence-electron chi connectivity index (χ4n) is 10.7. The summed E-state index contributed by atoms with van der Waals surface area (Å²) in [6.07, 6.45) is 7.43. The third kappa shape index (κ3) is 13.5. The quantitative estimate of drug-likeness (QED) is 0.101. The number of aromatic nitrogens is 4. The molecule has 0 atom stereocenters. The first-order chi connectivity index (χ1) is 43.6. The van der Waals surface area contributed by atoms with Crippen LogP contribution in [0.2, 0.25) is 0 Å². The number of para-hydroxylation sites is 3. The highest BCUT2D eigenvalue weighted by atomic mass is 14.9. The third-order valence-electron chi connectivity index (χ3n) is 15.1. The molecule has 88 heavy (non-hydrogen) atoms. The maximum absolute atomic E-state index is 4.67. The highest BCUT2D eigenvalue weighted by molar-refractivity contribution is 6.11. The van der Waals surface area contributed by atoms with Gasteiger partial charge in [0.1, 0.15) is 0 Å². The van der Waals surface area contributed by atoms with Crippen LogP contribution in [0.15, 0.2) is 340 Å². The highest BCUT2D eigenvalue weighted by Gasteiger charge is 2.09. The van der Waals surface area contributed by atoms with E-state index in [2.05, 4.69) is 247 Å². The van der Waals surface area contributed by atoms with Gasteiger partial charge in [0.05, 0.1) is 22.1 Å². The van der Waals surface area contributed by atoms with Gasteiger partial charge in [-0.2, -0.15) is 0 Å². The van der Waals surface area contributed by atoms with Crippen LogP contribution in [0, 0.1) is 0 Å². The minimum atomic E-state index is 0.987. The van der Waals surface area contributed by atoms with Gasteiger partial charge in [0.2, 0.25) is 0 Å². The van der Waals surface area contributed by atoms with Crippen molar-refractivity contribution in [1.29, 1.82) is 0 Å². The van der Waals surface area contributed by atoms with E-state index in [1.807, 2.05) is 134 Å². The van der Waals surface area contributed by atoms with E-state index in [0.29, 0.717) is 0 Å². The van der Waals surface area contributed by atoms with Crippen molar-refractivity contribution < 1.29 is 0 Å². The van der Waals surface area contributed by atoms with E-state index >= 15 is 0 Å². The topological polar surface area (TPSA) is 99.7 Å². The van der Waals surface area contributed by atoms with Crippen molar-refractivity contribution >= 4 is 111 Å². The van der Waals surface area contributed by atoms with Gasteiger partial charge in [-0.25, -0.2) is 0 Å². The van der Waals surface area contributed by atoms with Gasteiger partial charge in [0.15, 0.2) is 0 Å². The van der Waals surface area contributed by atoms with E-state index in [1.54, 1.807) is 0 Å². The Labute approximate surface area is 511 Å². The Morgan fingerprint density at radius 2 is 0.705 bits per heavy atom. The first kappa shape index (κ1) is 55.2. The molecule has 0 aliphatic rings. The van der Waals surface area contributed by atoms with Crippen LogP contribution in [0.3, 0.4) is 0 Å². The number of hydrogen-bond donors (Lipinski definition) is 4. The van der Waals surface area contributed by atoms with Crippen molar-refractivity contribution in [2.24, 2.45) is 0 Å². The molecule has 0 saturated carbocycles. The number of hydrogen-bond acceptors (Lipinski definition) is 8. The second-order valence-corrected chi connectivity index (χ2v) is 21.1. The summed E-state index contributed by atoms with van der Waals surface area (Å²) in [5.74, 6) is 0. The summed E-state index contributed by atoms with van der Waals surface area (Å²) >= 11 is 0. The molecular weight excluding hydrogens is 1070 g/mol. The van der Waals surface area contributed by atoms with Gasteiger partial charge < -0.3 is 21.3 Å². The van der Waals surface area contributed by atoms with Gasteiger partial charge in [-0.3, -0.25) is 19.9 Å². The lowest BCUT2D eigenvalue weighted by Crippen LogP contribution is -1.93. The largest absolute Gasteiger partial charge is 0.356 e. The summed E-state index contributed by atoms with van der Waals surface area (Å²) in [6, 6.07) is 108. The normalized spacial score (nSPS) is 10.7. The predicted octanol–water partition coefficient (Wildman–Crippen LogP) is 21.6. The fourth-order valence-corrected chi connectivity index (χ4v) is 10.7. The zero-order valence-electron chi connectivity index (χ0n) is 48.1. The van der Waals surface area contributed by atoms with E-state index in [9.17, 15) is 0 Å². The zero-order valence-corrected chi connectivity index (χ0v) is 48.1. The number of anilines is 8. The van der Waals surface area contributed by atoms with Gasteiger partial charge in [-0.15, -0.1) is 0 Å². The Morgan fingerprint density at radius 3 is 1.43 bits per heavy atom. The van der Waals surface area contributed by atoms with Crippen LogP contribution in [-0.4, -0.2) is 19.9 Å². The second-order valence-electron chi connectivity index (χ2n) is 21.1. The highest BCUT2D eigenvalue weighted by Crippen LogP contribution is 2.34. The Morgan fingerprint density at radius 1 is 0.216 bits per heavy atom. The average molecular weight is 1130 g/mol. The molecule has 8 nitrogen and oxygen atoms in total. The Hall–Kier alpha value is -12.0. The van der Waals surface area contributed by atoms with Crippen LogP contribution in [0.4, 0.5) is 45.5 Å². The smallest absolute Gasteiger partial charge is 0.0801 e. The van der Waals surface area contributed by atoms with Gasteiger partial charge in [-0.1, -0.05) is 182 Å². The molecule has 0 spiro atoms. The Kier molecular flexibility index (Phi) is 16.8. The molecule has 4 heterocycles. The Bertz CT molecular complexity index is 4960. The molecule has 12 aromatic carbocycles. The molecule has 0 fully saturated rings. The first-order valence-electron chi connectivity index (χ1n) is 29.3. The standard InChI is InChI=1S/C25H18N2.C21H16N2.C19H14N2.C15H12N2/c1-2-6-18(7-3-1)22-14-21-11-13-24(16-25(21)26-17-22)27-23-12-10-19-8-4-5-9-20(19)15-23;1-2-6-17(7-3-1)23-18-13-11-16(12-14-18)19-8-4-10-21-20(19)9-5-15-22-21;1-2-8-15(9-3-1)21-18-13-14-7-4-5-10-16(14)19-17(18)11-6-12-20-19;1-2-6-13(7-3-1)17-14-8-9-15-12(11-14)5-4-10-16-15/h1-17,27H;1-15,23H;1-13,21H;1-11,17H. The molecule has 0 aliphatic carbocycles. The molecule has 420 valence electrons. The number of rotatable bonds is 10. The minimum absolute atomic E-state index is 0.987. The van der Waals surface area contributed by atoms with Crippen LogP contribution in [0.25, 0.3) is 87.4 Å². The molecular formula is C80H60N8. The molecule has 0 unspecified atom stereocenters. The lowest BCUT2D eigenvalue weighted by molar-refractivity contribution is 1.40. The average Bonchev–Trinajstić information content (AvgIpc) is 2.22. The maximum atomic E-state index is 4.67. The predicted molar refractivity (Wildman–Crippen MR) is 372 cm³/mol. The maximum Gasteiger partial charge on any atom is 0.0801 e. The van der Waals surface area contributed by atoms with Crippen LogP contribution < -0.4 is 21.3 Å². The monoisotopic (exact) mass is 1130 g/mol. The third-order valence-corrected chi connectivity index (χ3v) is 15.1. The van der Waals surface area contributed by atoms with Crippen molar-refractivity contribution in [2.75, 3.05) is 21.3 Å². The molecule has 16 aromatic rings. The molecule has 0 amide bonds. The zero-order chi connectivity index (χ0) is 59.1. The summed E-state index contributed by atoms with van der Waals surface area (Å²) in [7, 11) is 0. The summed E-state index contributed by atoms with van der Waals surface area (Å²) in [5.41, 5.74) is 17.4. The van der Waals surface area contributed by atoms with Crippen LogP contribution in [0.1, 0.15) is 0 Å². The first-order valence-corrected chi connectivity index (χ1v) is 29.3. The number of benzene rings is 12. The minimum Gasteiger partial charge on any atom is -0.356 e.